The lowest BCUT2D eigenvalue weighted by Crippen LogP contribution is -2.46. The van der Waals surface area contributed by atoms with Gasteiger partial charge in [0, 0.05) is 30.0 Å². The van der Waals surface area contributed by atoms with Gasteiger partial charge < -0.3 is 9.64 Å². The lowest BCUT2D eigenvalue weighted by atomic mass is 10.1. The number of pyridine rings is 1. The van der Waals surface area contributed by atoms with Gasteiger partial charge in [-0.15, -0.1) is 4.53 Å². The SMILES string of the molecule is CC1COC2c3ccccc3N3C(CN12)NN(Cl)C3c1ccccn1. The smallest absolute Gasteiger partial charge is 0.155 e. The van der Waals surface area contributed by atoms with Crippen LogP contribution < -0.4 is 10.3 Å². The van der Waals surface area contributed by atoms with E-state index in [0.29, 0.717) is 6.04 Å². The molecule has 0 spiro atoms. The molecule has 2 fully saturated rings. The van der Waals surface area contributed by atoms with E-state index in [1.54, 1.807) is 10.7 Å². The molecule has 4 heterocycles. The summed E-state index contributed by atoms with van der Waals surface area (Å²) < 4.78 is 7.76. The van der Waals surface area contributed by atoms with Gasteiger partial charge in [0.05, 0.1) is 12.3 Å². The number of fused-ring (bicyclic) bond motifs is 5. The first-order valence-electron chi connectivity index (χ1n) is 8.61. The molecule has 2 aromatic rings. The second-order valence-corrected chi connectivity index (χ2v) is 7.15. The molecule has 3 aliphatic heterocycles. The van der Waals surface area contributed by atoms with Crippen molar-refractivity contribution in [1.82, 2.24) is 19.8 Å². The minimum absolute atomic E-state index is 0.00763. The summed E-state index contributed by atoms with van der Waals surface area (Å²) >= 11 is 6.58. The van der Waals surface area contributed by atoms with E-state index in [9.17, 15) is 0 Å². The third-order valence-corrected chi connectivity index (χ3v) is 5.55. The van der Waals surface area contributed by atoms with Crippen LogP contribution in [0, 0.1) is 0 Å². The van der Waals surface area contributed by atoms with E-state index >= 15 is 0 Å². The first-order chi connectivity index (χ1) is 12.2. The van der Waals surface area contributed by atoms with Gasteiger partial charge >= 0.3 is 0 Å². The molecule has 1 N–H and O–H groups in total. The molecule has 1 aromatic carbocycles. The minimum Gasteiger partial charge on any atom is -0.357 e. The van der Waals surface area contributed by atoms with Gasteiger partial charge in [0.25, 0.3) is 0 Å². The predicted octanol–water partition coefficient (Wildman–Crippen LogP) is 2.62. The van der Waals surface area contributed by atoms with E-state index < -0.39 is 0 Å². The van der Waals surface area contributed by atoms with Gasteiger partial charge in [0.15, 0.2) is 6.17 Å². The number of halogens is 1. The van der Waals surface area contributed by atoms with Crippen molar-refractivity contribution in [2.75, 3.05) is 18.1 Å². The summed E-state index contributed by atoms with van der Waals surface area (Å²) in [6.45, 7) is 3.79. The number of hydrogen-bond acceptors (Lipinski definition) is 6. The largest absolute Gasteiger partial charge is 0.357 e. The monoisotopic (exact) mass is 357 g/mol. The average Bonchev–Trinajstić information content (AvgIpc) is 3.12. The first-order valence-corrected chi connectivity index (χ1v) is 8.94. The summed E-state index contributed by atoms with van der Waals surface area (Å²) in [4.78, 5) is 9.26. The lowest BCUT2D eigenvalue weighted by Gasteiger charge is -2.30. The zero-order valence-corrected chi connectivity index (χ0v) is 14.7. The quantitative estimate of drug-likeness (QED) is 0.791. The molecular formula is C18H20ClN5O. The molecule has 25 heavy (non-hydrogen) atoms. The highest BCUT2D eigenvalue weighted by atomic mass is 35.5. The topological polar surface area (TPSA) is 43.9 Å². The molecule has 0 amide bonds. The summed E-state index contributed by atoms with van der Waals surface area (Å²) in [6, 6.07) is 14.7. The number of nitrogens with zero attached hydrogens (tertiary/aromatic N) is 4. The number of anilines is 1. The van der Waals surface area contributed by atoms with Crippen molar-refractivity contribution in [3.63, 3.8) is 0 Å². The second kappa shape index (κ2) is 5.93. The summed E-state index contributed by atoms with van der Waals surface area (Å²) in [5, 5.41) is 0. The van der Waals surface area contributed by atoms with Gasteiger partial charge in [-0.2, -0.15) is 0 Å². The van der Waals surface area contributed by atoms with E-state index in [0.717, 1.165) is 24.5 Å². The van der Waals surface area contributed by atoms with Crippen LogP contribution in [0.25, 0.3) is 0 Å². The van der Waals surface area contributed by atoms with E-state index in [4.69, 9.17) is 16.5 Å². The Labute approximate surface area is 152 Å². The number of rotatable bonds is 1. The highest BCUT2D eigenvalue weighted by molar-refractivity contribution is 6.13. The van der Waals surface area contributed by atoms with Crippen molar-refractivity contribution in [3.8, 4) is 0 Å². The zero-order chi connectivity index (χ0) is 17.0. The summed E-state index contributed by atoms with van der Waals surface area (Å²) in [7, 11) is 0. The third kappa shape index (κ3) is 2.37. The van der Waals surface area contributed by atoms with E-state index in [-0.39, 0.29) is 18.6 Å². The van der Waals surface area contributed by atoms with Crippen LogP contribution in [-0.4, -0.2) is 39.8 Å². The van der Waals surface area contributed by atoms with Crippen LogP contribution in [0.1, 0.15) is 30.6 Å². The first kappa shape index (κ1) is 15.5. The second-order valence-electron chi connectivity index (χ2n) is 6.78. The lowest BCUT2D eigenvalue weighted by molar-refractivity contribution is 0.0286. The fourth-order valence-corrected chi connectivity index (χ4v) is 4.41. The van der Waals surface area contributed by atoms with Gasteiger partial charge in [-0.1, -0.05) is 24.3 Å². The Balaban J connectivity index is 1.65. The van der Waals surface area contributed by atoms with Crippen molar-refractivity contribution >= 4 is 17.5 Å². The number of ether oxygens (including phenoxy) is 1. The van der Waals surface area contributed by atoms with Crippen LogP contribution in [0.15, 0.2) is 48.7 Å². The van der Waals surface area contributed by atoms with E-state index in [1.807, 2.05) is 18.2 Å². The van der Waals surface area contributed by atoms with Gasteiger partial charge in [-0.3, -0.25) is 9.88 Å². The zero-order valence-electron chi connectivity index (χ0n) is 13.9. The van der Waals surface area contributed by atoms with Crippen LogP contribution >= 0.6 is 11.8 Å². The number of para-hydroxylation sites is 1. The summed E-state index contributed by atoms with van der Waals surface area (Å²) in [5.41, 5.74) is 6.64. The third-order valence-electron chi connectivity index (χ3n) is 5.27. The Bertz CT molecular complexity index is 775. The van der Waals surface area contributed by atoms with Crippen LogP contribution in [0.3, 0.4) is 0 Å². The van der Waals surface area contributed by atoms with Crippen LogP contribution in [0.2, 0.25) is 0 Å². The molecule has 6 nitrogen and oxygen atoms in total. The molecule has 1 aromatic heterocycles. The Kier molecular flexibility index (Phi) is 3.69. The molecule has 0 bridgehead atoms. The standard InChI is InChI=1S/C18H20ClN5O/c1-12-11-25-18-13-6-2-3-8-15(13)23-16(10-22(12)18)21-24(19)17(23)14-7-4-5-9-20-14/h2-9,12,16-18,21H,10-11H2,1H3. The number of hydrogen-bond donors (Lipinski definition) is 1. The van der Waals surface area contributed by atoms with Crippen LogP contribution in [0.5, 0.6) is 0 Å². The van der Waals surface area contributed by atoms with E-state index in [2.05, 4.69) is 51.4 Å². The molecule has 130 valence electrons. The molecule has 0 radical (unpaired) electrons. The van der Waals surface area contributed by atoms with Crippen molar-refractivity contribution in [2.24, 2.45) is 0 Å². The maximum atomic E-state index is 6.58. The number of aromatic nitrogens is 1. The molecule has 3 aliphatic rings. The summed E-state index contributed by atoms with van der Waals surface area (Å²) in [5.74, 6) is 0. The molecule has 2 saturated heterocycles. The van der Waals surface area contributed by atoms with Crippen molar-refractivity contribution in [2.45, 2.75) is 31.5 Å². The summed E-state index contributed by atoms with van der Waals surface area (Å²) in [6.07, 6.45) is 1.68. The molecule has 4 unspecified atom stereocenters. The molecule has 0 aliphatic carbocycles. The molecule has 4 atom stereocenters. The van der Waals surface area contributed by atoms with Crippen molar-refractivity contribution in [3.05, 3.63) is 59.9 Å². The van der Waals surface area contributed by atoms with Gasteiger partial charge in [-0.25, -0.2) is 5.43 Å². The van der Waals surface area contributed by atoms with Crippen LogP contribution in [0.4, 0.5) is 5.69 Å². The van der Waals surface area contributed by atoms with Crippen molar-refractivity contribution < 1.29 is 4.74 Å². The van der Waals surface area contributed by atoms with E-state index in [1.165, 1.54) is 5.56 Å². The molecular weight excluding hydrogens is 338 g/mol. The Morgan fingerprint density at radius 3 is 2.88 bits per heavy atom. The predicted molar refractivity (Wildman–Crippen MR) is 95.4 cm³/mol. The van der Waals surface area contributed by atoms with Gasteiger partial charge in [0.2, 0.25) is 0 Å². The highest BCUT2D eigenvalue weighted by Gasteiger charge is 2.48. The minimum atomic E-state index is -0.177. The average molecular weight is 358 g/mol. The highest BCUT2D eigenvalue weighted by Crippen LogP contribution is 2.45. The number of nitrogens with one attached hydrogen (secondary N) is 1. The molecule has 5 rings (SSSR count). The molecule has 0 saturated carbocycles. The Morgan fingerprint density at radius 1 is 1.20 bits per heavy atom. The van der Waals surface area contributed by atoms with Gasteiger partial charge in [-0.05, 0) is 36.9 Å². The Morgan fingerprint density at radius 2 is 2.04 bits per heavy atom. The Hall–Kier alpha value is -1.70. The molecule has 7 heteroatoms. The fraction of sp³-hybridized carbons (Fsp3) is 0.389. The van der Waals surface area contributed by atoms with Crippen LogP contribution in [-0.2, 0) is 4.74 Å². The van der Waals surface area contributed by atoms with Crippen molar-refractivity contribution in [1.29, 1.82) is 0 Å². The number of hydrazine groups is 1. The number of benzene rings is 1. The maximum absolute atomic E-state index is 6.58. The normalized spacial score (nSPS) is 32.2. The fourth-order valence-electron chi connectivity index (χ4n) is 4.10. The maximum Gasteiger partial charge on any atom is 0.155 e. The van der Waals surface area contributed by atoms with Gasteiger partial charge in [0.1, 0.15) is 12.4 Å².